The van der Waals surface area contributed by atoms with Gasteiger partial charge in [-0.15, -0.1) is 0 Å². The van der Waals surface area contributed by atoms with Crippen molar-refractivity contribution in [1.82, 2.24) is 15.3 Å². The summed E-state index contributed by atoms with van der Waals surface area (Å²) in [5, 5.41) is 5.81. The standard InChI is InChI=1S/C17H18N4O5S/c22-17(21-12-3-4-27(23,24)9-12)13-7-20-16(8-18-13)19-6-11-1-2-14-15(5-11)26-10-25-14/h1-2,5,7-8,12H,3-4,6,9-10H2,(H,19,20)(H,21,22). The van der Waals surface area contributed by atoms with Crippen LogP contribution in [0, 0.1) is 0 Å². The Kier molecular flexibility index (Phi) is 4.56. The molecule has 2 aliphatic heterocycles. The van der Waals surface area contributed by atoms with Gasteiger partial charge in [-0.1, -0.05) is 6.07 Å². The van der Waals surface area contributed by atoms with Gasteiger partial charge >= 0.3 is 0 Å². The van der Waals surface area contributed by atoms with Gasteiger partial charge in [0.2, 0.25) is 6.79 Å². The largest absolute Gasteiger partial charge is 0.454 e. The number of amides is 1. The minimum absolute atomic E-state index is 0.0264. The monoisotopic (exact) mass is 390 g/mol. The van der Waals surface area contributed by atoms with E-state index in [-0.39, 0.29) is 30.0 Å². The van der Waals surface area contributed by atoms with Crippen molar-refractivity contribution in [3.63, 3.8) is 0 Å². The van der Waals surface area contributed by atoms with E-state index in [1.807, 2.05) is 18.2 Å². The minimum atomic E-state index is -3.05. The Morgan fingerprint density at radius 2 is 2.04 bits per heavy atom. The molecule has 0 aliphatic carbocycles. The van der Waals surface area contributed by atoms with Crippen LogP contribution in [0.3, 0.4) is 0 Å². The molecule has 3 heterocycles. The number of anilines is 1. The number of nitrogens with one attached hydrogen (secondary N) is 2. The van der Waals surface area contributed by atoms with Crippen LogP contribution in [0.15, 0.2) is 30.6 Å². The first-order valence-electron chi connectivity index (χ1n) is 8.44. The van der Waals surface area contributed by atoms with Gasteiger partial charge in [-0.2, -0.15) is 0 Å². The lowest BCUT2D eigenvalue weighted by atomic mass is 10.2. The van der Waals surface area contributed by atoms with E-state index in [2.05, 4.69) is 20.6 Å². The molecule has 0 spiro atoms. The summed E-state index contributed by atoms with van der Waals surface area (Å²) in [5.74, 6) is 1.61. The highest BCUT2D eigenvalue weighted by Crippen LogP contribution is 2.32. The molecular formula is C17H18N4O5S. The van der Waals surface area contributed by atoms with Crippen molar-refractivity contribution in [2.24, 2.45) is 0 Å². The topological polar surface area (TPSA) is 120 Å². The molecule has 27 heavy (non-hydrogen) atoms. The number of carbonyl (C=O) groups excluding carboxylic acids is 1. The number of benzene rings is 1. The average Bonchev–Trinajstić information content (AvgIpc) is 3.25. The number of nitrogens with zero attached hydrogens (tertiary/aromatic N) is 2. The van der Waals surface area contributed by atoms with Gasteiger partial charge in [-0.05, 0) is 24.1 Å². The van der Waals surface area contributed by atoms with Crippen molar-refractivity contribution in [3.05, 3.63) is 41.9 Å². The number of hydrogen-bond acceptors (Lipinski definition) is 8. The third-order valence-corrected chi connectivity index (χ3v) is 6.13. The van der Waals surface area contributed by atoms with Gasteiger partial charge in [-0.3, -0.25) is 4.79 Å². The summed E-state index contributed by atoms with van der Waals surface area (Å²) in [4.78, 5) is 20.4. The summed E-state index contributed by atoms with van der Waals surface area (Å²) in [5.41, 5.74) is 1.14. The van der Waals surface area contributed by atoms with Crippen LogP contribution in [-0.4, -0.2) is 48.6 Å². The van der Waals surface area contributed by atoms with Gasteiger partial charge in [0.05, 0.1) is 23.9 Å². The van der Waals surface area contributed by atoms with Crippen molar-refractivity contribution >= 4 is 21.6 Å². The van der Waals surface area contributed by atoms with Gasteiger partial charge in [0.25, 0.3) is 5.91 Å². The molecule has 0 saturated carbocycles. The van der Waals surface area contributed by atoms with E-state index >= 15 is 0 Å². The zero-order valence-electron chi connectivity index (χ0n) is 14.3. The molecule has 0 radical (unpaired) electrons. The van der Waals surface area contributed by atoms with Crippen LogP contribution in [0.4, 0.5) is 5.82 Å². The fourth-order valence-electron chi connectivity index (χ4n) is 2.95. The van der Waals surface area contributed by atoms with Crippen LogP contribution in [0.5, 0.6) is 11.5 Å². The summed E-state index contributed by atoms with van der Waals surface area (Å²) < 4.78 is 33.5. The maximum absolute atomic E-state index is 12.2. The second-order valence-corrected chi connectivity index (χ2v) is 8.63. The summed E-state index contributed by atoms with van der Waals surface area (Å²) >= 11 is 0. The van der Waals surface area contributed by atoms with Gasteiger partial charge in [-0.25, -0.2) is 18.4 Å². The fraction of sp³-hybridized carbons (Fsp3) is 0.353. The van der Waals surface area contributed by atoms with E-state index < -0.39 is 15.7 Å². The Morgan fingerprint density at radius 3 is 2.78 bits per heavy atom. The minimum Gasteiger partial charge on any atom is -0.454 e. The van der Waals surface area contributed by atoms with E-state index in [1.165, 1.54) is 12.4 Å². The lowest BCUT2D eigenvalue weighted by molar-refractivity contribution is 0.0935. The predicted octanol–water partition coefficient (Wildman–Crippen LogP) is 0.734. The van der Waals surface area contributed by atoms with Gasteiger partial charge in [0.1, 0.15) is 11.5 Å². The van der Waals surface area contributed by atoms with Crippen LogP contribution >= 0.6 is 0 Å². The van der Waals surface area contributed by atoms with Gasteiger partial charge < -0.3 is 20.1 Å². The van der Waals surface area contributed by atoms with Crippen LogP contribution < -0.4 is 20.1 Å². The molecule has 1 aromatic carbocycles. The average molecular weight is 390 g/mol. The van der Waals surface area contributed by atoms with Crippen molar-refractivity contribution in [3.8, 4) is 11.5 Å². The van der Waals surface area contributed by atoms with Crippen LogP contribution in [0.25, 0.3) is 0 Å². The molecule has 9 nitrogen and oxygen atoms in total. The van der Waals surface area contributed by atoms with E-state index in [4.69, 9.17) is 9.47 Å². The van der Waals surface area contributed by atoms with E-state index in [1.54, 1.807) is 0 Å². The molecule has 1 aromatic heterocycles. The van der Waals surface area contributed by atoms with Crippen molar-refractivity contribution < 1.29 is 22.7 Å². The summed E-state index contributed by atoms with van der Waals surface area (Å²) in [6, 6.07) is 5.29. The summed E-state index contributed by atoms with van der Waals surface area (Å²) in [7, 11) is -3.05. The maximum atomic E-state index is 12.2. The van der Waals surface area contributed by atoms with Gasteiger partial charge in [0, 0.05) is 12.6 Å². The lowest BCUT2D eigenvalue weighted by Crippen LogP contribution is -2.36. The molecule has 1 atom stereocenters. The molecule has 142 valence electrons. The van der Waals surface area contributed by atoms with E-state index in [0.29, 0.717) is 24.5 Å². The highest BCUT2D eigenvalue weighted by atomic mass is 32.2. The Morgan fingerprint density at radius 1 is 1.19 bits per heavy atom. The molecule has 2 aromatic rings. The maximum Gasteiger partial charge on any atom is 0.271 e. The van der Waals surface area contributed by atoms with E-state index in [0.717, 1.165) is 11.3 Å². The first kappa shape index (κ1) is 17.5. The van der Waals surface area contributed by atoms with Crippen LogP contribution in [0.1, 0.15) is 22.5 Å². The molecule has 1 amide bonds. The summed E-state index contributed by atoms with van der Waals surface area (Å²) in [6.45, 7) is 0.741. The highest BCUT2D eigenvalue weighted by Gasteiger charge is 2.29. The molecule has 0 bridgehead atoms. The molecule has 1 saturated heterocycles. The normalized spacial score (nSPS) is 19.6. The first-order valence-corrected chi connectivity index (χ1v) is 10.3. The number of rotatable bonds is 5. The number of ether oxygens (including phenoxy) is 2. The molecular weight excluding hydrogens is 372 g/mol. The van der Waals surface area contributed by atoms with Crippen molar-refractivity contribution in [2.75, 3.05) is 23.6 Å². The zero-order chi connectivity index (χ0) is 18.9. The Hall–Kier alpha value is -2.88. The first-order chi connectivity index (χ1) is 13.0. The molecule has 2 N–H and O–H groups in total. The Balaban J connectivity index is 1.33. The van der Waals surface area contributed by atoms with Crippen LogP contribution in [0.2, 0.25) is 0 Å². The quantitative estimate of drug-likeness (QED) is 0.767. The van der Waals surface area contributed by atoms with Crippen molar-refractivity contribution in [1.29, 1.82) is 0 Å². The number of hydrogen-bond donors (Lipinski definition) is 2. The third kappa shape index (κ3) is 4.11. The second-order valence-electron chi connectivity index (χ2n) is 6.40. The van der Waals surface area contributed by atoms with Gasteiger partial charge in [0.15, 0.2) is 21.3 Å². The SMILES string of the molecule is O=C(NC1CCS(=O)(=O)C1)c1cnc(NCc2ccc3c(c2)OCO3)cn1. The second kappa shape index (κ2) is 7.03. The Bertz CT molecular complexity index is 962. The molecule has 1 unspecified atom stereocenters. The number of carbonyl (C=O) groups is 1. The highest BCUT2D eigenvalue weighted by molar-refractivity contribution is 7.91. The Labute approximate surface area is 156 Å². The van der Waals surface area contributed by atoms with Crippen molar-refractivity contribution in [2.45, 2.75) is 19.0 Å². The number of fused-ring (bicyclic) bond motifs is 1. The van der Waals surface area contributed by atoms with E-state index in [9.17, 15) is 13.2 Å². The molecule has 10 heteroatoms. The smallest absolute Gasteiger partial charge is 0.271 e. The zero-order valence-corrected chi connectivity index (χ0v) is 15.2. The predicted molar refractivity (Wildman–Crippen MR) is 96.4 cm³/mol. The number of sulfone groups is 1. The third-order valence-electron chi connectivity index (χ3n) is 4.36. The molecule has 2 aliphatic rings. The molecule has 1 fully saturated rings. The number of aromatic nitrogens is 2. The fourth-order valence-corrected chi connectivity index (χ4v) is 4.62. The lowest BCUT2D eigenvalue weighted by Gasteiger charge is -2.10. The summed E-state index contributed by atoms with van der Waals surface area (Å²) in [6.07, 6.45) is 3.25. The molecule has 4 rings (SSSR count). The van der Waals surface area contributed by atoms with Crippen LogP contribution in [-0.2, 0) is 16.4 Å².